The van der Waals surface area contributed by atoms with Crippen LogP contribution in [0, 0.1) is 5.82 Å². The zero-order chi connectivity index (χ0) is 14.9. The number of ether oxygens (including phenoxy) is 2. The van der Waals surface area contributed by atoms with Crippen LogP contribution in [-0.2, 0) is 9.53 Å². The molecule has 0 unspecified atom stereocenters. The Balaban J connectivity index is 1.50. The molecule has 0 aromatic heterocycles. The van der Waals surface area contributed by atoms with Crippen molar-refractivity contribution in [3.8, 4) is 5.75 Å². The molecule has 116 valence electrons. The Labute approximate surface area is 124 Å². The molecule has 1 N–H and O–H groups in total. The van der Waals surface area contributed by atoms with Crippen LogP contribution in [0.5, 0.6) is 5.75 Å². The highest BCUT2D eigenvalue weighted by atomic mass is 19.1. The predicted octanol–water partition coefficient (Wildman–Crippen LogP) is 2.67. The van der Waals surface area contributed by atoms with Crippen molar-refractivity contribution in [2.24, 2.45) is 0 Å². The molecule has 1 aromatic carbocycles. The van der Waals surface area contributed by atoms with E-state index < -0.39 is 0 Å². The number of carbonyl (C=O) groups is 1. The standard InChI is InChI=1S/C16H22FNO3/c17-13-6-8-15(9-7-13)21-12-16(19)18-10-2-1-4-14-5-3-11-20-14/h6-9,14H,1-5,10-12H2,(H,18,19)/t14-/m0/s1. The smallest absolute Gasteiger partial charge is 0.257 e. The largest absolute Gasteiger partial charge is 0.484 e. The van der Waals surface area contributed by atoms with Crippen molar-refractivity contribution in [2.75, 3.05) is 19.8 Å². The van der Waals surface area contributed by atoms with E-state index in [9.17, 15) is 9.18 Å². The van der Waals surface area contributed by atoms with Gasteiger partial charge in [-0.1, -0.05) is 0 Å². The highest BCUT2D eigenvalue weighted by Gasteiger charge is 2.14. The maximum atomic E-state index is 12.7. The molecule has 0 spiro atoms. The molecule has 0 aliphatic carbocycles. The summed E-state index contributed by atoms with van der Waals surface area (Å²) in [6, 6.07) is 5.62. The molecule has 1 aliphatic heterocycles. The van der Waals surface area contributed by atoms with E-state index in [0.717, 1.165) is 32.3 Å². The van der Waals surface area contributed by atoms with Crippen molar-refractivity contribution in [1.29, 1.82) is 0 Å². The lowest BCUT2D eigenvalue weighted by molar-refractivity contribution is -0.123. The molecule has 1 aromatic rings. The van der Waals surface area contributed by atoms with Crippen LogP contribution in [-0.4, -0.2) is 31.8 Å². The quantitative estimate of drug-likeness (QED) is 0.750. The summed E-state index contributed by atoms with van der Waals surface area (Å²) in [5, 5.41) is 2.81. The molecule has 1 saturated heterocycles. The third kappa shape index (κ3) is 6.12. The first kappa shape index (κ1) is 15.8. The molecule has 1 aliphatic rings. The van der Waals surface area contributed by atoms with Gasteiger partial charge in [0.1, 0.15) is 11.6 Å². The number of nitrogens with one attached hydrogen (secondary N) is 1. The topological polar surface area (TPSA) is 47.6 Å². The maximum Gasteiger partial charge on any atom is 0.257 e. The Kier molecular flexibility index (Phi) is 6.47. The van der Waals surface area contributed by atoms with E-state index >= 15 is 0 Å². The van der Waals surface area contributed by atoms with E-state index in [-0.39, 0.29) is 18.3 Å². The van der Waals surface area contributed by atoms with Gasteiger partial charge in [0, 0.05) is 13.2 Å². The lowest BCUT2D eigenvalue weighted by Gasteiger charge is -2.09. The Bertz CT molecular complexity index is 430. The van der Waals surface area contributed by atoms with E-state index in [1.165, 1.54) is 30.7 Å². The molecular formula is C16H22FNO3. The van der Waals surface area contributed by atoms with E-state index in [4.69, 9.17) is 9.47 Å². The van der Waals surface area contributed by atoms with E-state index in [1.54, 1.807) is 0 Å². The summed E-state index contributed by atoms with van der Waals surface area (Å²) < 4.78 is 23.5. The molecule has 21 heavy (non-hydrogen) atoms. The van der Waals surface area contributed by atoms with Gasteiger partial charge in [0.2, 0.25) is 0 Å². The number of benzene rings is 1. The normalized spacial score (nSPS) is 17.7. The summed E-state index contributed by atoms with van der Waals surface area (Å²) in [6.07, 6.45) is 5.83. The summed E-state index contributed by atoms with van der Waals surface area (Å²) in [4.78, 5) is 11.6. The molecule has 5 heteroatoms. The van der Waals surface area contributed by atoms with Crippen LogP contribution in [0.1, 0.15) is 32.1 Å². The minimum atomic E-state index is -0.321. The van der Waals surface area contributed by atoms with Gasteiger partial charge in [-0.15, -0.1) is 0 Å². The van der Waals surface area contributed by atoms with Crippen molar-refractivity contribution >= 4 is 5.91 Å². The SMILES string of the molecule is O=C(COc1ccc(F)cc1)NCCCC[C@H]1CCCO1. The third-order valence-electron chi connectivity index (χ3n) is 3.48. The number of unbranched alkanes of at least 4 members (excludes halogenated alkanes) is 1. The number of carbonyl (C=O) groups excluding carboxylic acids is 1. The van der Waals surface area contributed by atoms with Crippen molar-refractivity contribution in [1.82, 2.24) is 5.32 Å². The summed E-state index contributed by atoms with van der Waals surface area (Å²) in [5.74, 6) is 0.0133. The molecule has 2 rings (SSSR count). The lowest BCUT2D eigenvalue weighted by atomic mass is 10.1. The first-order chi connectivity index (χ1) is 10.2. The minimum absolute atomic E-state index is 0.0443. The Morgan fingerprint density at radius 1 is 1.33 bits per heavy atom. The van der Waals surface area contributed by atoms with Gasteiger partial charge in [0.25, 0.3) is 5.91 Å². The second-order valence-electron chi connectivity index (χ2n) is 5.22. The van der Waals surface area contributed by atoms with Crippen LogP contribution in [0.25, 0.3) is 0 Å². The molecular weight excluding hydrogens is 273 g/mol. The van der Waals surface area contributed by atoms with Crippen molar-refractivity contribution in [3.63, 3.8) is 0 Å². The van der Waals surface area contributed by atoms with Gasteiger partial charge in [-0.2, -0.15) is 0 Å². The van der Waals surface area contributed by atoms with Crippen LogP contribution >= 0.6 is 0 Å². The first-order valence-electron chi connectivity index (χ1n) is 7.51. The highest BCUT2D eigenvalue weighted by Crippen LogP contribution is 2.17. The molecule has 1 amide bonds. The molecule has 1 fully saturated rings. The van der Waals surface area contributed by atoms with Gasteiger partial charge in [-0.25, -0.2) is 4.39 Å². The zero-order valence-corrected chi connectivity index (χ0v) is 12.1. The first-order valence-corrected chi connectivity index (χ1v) is 7.51. The van der Waals surface area contributed by atoms with Gasteiger partial charge in [0.05, 0.1) is 6.10 Å². The van der Waals surface area contributed by atoms with Crippen LogP contribution in [0.3, 0.4) is 0 Å². The van der Waals surface area contributed by atoms with Crippen molar-refractivity contribution in [3.05, 3.63) is 30.1 Å². The summed E-state index contributed by atoms with van der Waals surface area (Å²) >= 11 is 0. The van der Waals surface area contributed by atoms with Crippen LogP contribution in [0.15, 0.2) is 24.3 Å². The molecule has 0 bridgehead atoms. The maximum absolute atomic E-state index is 12.7. The Morgan fingerprint density at radius 2 is 2.14 bits per heavy atom. The van der Waals surface area contributed by atoms with Gasteiger partial charge >= 0.3 is 0 Å². The number of hydrogen-bond donors (Lipinski definition) is 1. The van der Waals surface area contributed by atoms with Gasteiger partial charge in [-0.3, -0.25) is 4.79 Å². The van der Waals surface area contributed by atoms with Gasteiger partial charge in [0.15, 0.2) is 6.61 Å². The average Bonchev–Trinajstić information content (AvgIpc) is 2.99. The van der Waals surface area contributed by atoms with Crippen LogP contribution in [0.2, 0.25) is 0 Å². The second kappa shape index (κ2) is 8.62. The number of hydrogen-bond acceptors (Lipinski definition) is 3. The van der Waals surface area contributed by atoms with Gasteiger partial charge in [-0.05, 0) is 56.4 Å². The van der Waals surface area contributed by atoms with E-state index in [0.29, 0.717) is 18.4 Å². The van der Waals surface area contributed by atoms with E-state index in [2.05, 4.69) is 5.32 Å². The third-order valence-corrected chi connectivity index (χ3v) is 3.48. The van der Waals surface area contributed by atoms with Gasteiger partial charge < -0.3 is 14.8 Å². The average molecular weight is 295 g/mol. The highest BCUT2D eigenvalue weighted by molar-refractivity contribution is 5.77. The van der Waals surface area contributed by atoms with E-state index in [1.807, 2.05) is 0 Å². The molecule has 1 atom stereocenters. The van der Waals surface area contributed by atoms with Crippen LogP contribution < -0.4 is 10.1 Å². The lowest BCUT2D eigenvalue weighted by Crippen LogP contribution is -2.29. The second-order valence-corrected chi connectivity index (χ2v) is 5.22. The predicted molar refractivity (Wildman–Crippen MR) is 77.7 cm³/mol. The minimum Gasteiger partial charge on any atom is -0.484 e. The molecule has 4 nitrogen and oxygen atoms in total. The fraction of sp³-hybridized carbons (Fsp3) is 0.562. The summed E-state index contributed by atoms with van der Waals surface area (Å²) in [5.41, 5.74) is 0. The molecule has 0 radical (unpaired) electrons. The molecule has 0 saturated carbocycles. The van der Waals surface area contributed by atoms with Crippen molar-refractivity contribution in [2.45, 2.75) is 38.2 Å². The van der Waals surface area contributed by atoms with Crippen molar-refractivity contribution < 1.29 is 18.7 Å². The summed E-state index contributed by atoms with van der Waals surface area (Å²) in [7, 11) is 0. The Hall–Kier alpha value is -1.62. The monoisotopic (exact) mass is 295 g/mol. The number of halogens is 1. The fourth-order valence-corrected chi connectivity index (χ4v) is 2.33. The van der Waals surface area contributed by atoms with Crippen LogP contribution in [0.4, 0.5) is 4.39 Å². The summed E-state index contributed by atoms with van der Waals surface area (Å²) in [6.45, 7) is 1.50. The molecule has 1 heterocycles. The Morgan fingerprint density at radius 3 is 2.86 bits per heavy atom. The zero-order valence-electron chi connectivity index (χ0n) is 12.1. The number of amides is 1. The number of rotatable bonds is 8. The fourth-order valence-electron chi connectivity index (χ4n) is 2.33.